The molecule has 0 unspecified atom stereocenters. The van der Waals surface area contributed by atoms with Crippen LogP contribution in [-0.2, 0) is 10.0 Å². The number of carbonyl (C=O) groups excluding carboxylic acids is 1. The fourth-order valence-corrected chi connectivity index (χ4v) is 3.58. The summed E-state index contributed by atoms with van der Waals surface area (Å²) in [5.74, 6) is 0.179. The van der Waals surface area contributed by atoms with Gasteiger partial charge in [-0.15, -0.1) is 12.4 Å². The van der Waals surface area contributed by atoms with Gasteiger partial charge < -0.3 is 10.6 Å². The first-order chi connectivity index (χ1) is 11.9. The first-order valence-corrected chi connectivity index (χ1v) is 9.61. The number of halogens is 1. The maximum absolute atomic E-state index is 12.5. The van der Waals surface area contributed by atoms with Crippen molar-refractivity contribution >= 4 is 34.0 Å². The summed E-state index contributed by atoms with van der Waals surface area (Å²) in [6.45, 7) is 4.31. The molecule has 1 saturated heterocycles. The molecule has 0 aliphatic carbocycles. The largest absolute Gasteiger partial charge is 0.352 e. The summed E-state index contributed by atoms with van der Waals surface area (Å²) in [6, 6.07) is 13.1. The molecule has 0 atom stereocenters. The molecule has 2 aromatic carbocycles. The van der Waals surface area contributed by atoms with Crippen LogP contribution in [0.3, 0.4) is 0 Å². The van der Waals surface area contributed by atoms with Crippen LogP contribution in [0.15, 0.2) is 53.4 Å². The lowest BCUT2D eigenvalue weighted by Crippen LogP contribution is -2.48. The van der Waals surface area contributed by atoms with Crippen LogP contribution < -0.4 is 15.4 Å². The van der Waals surface area contributed by atoms with Crippen LogP contribution in [0, 0.1) is 12.8 Å². The number of hydrogen-bond donors (Lipinski definition) is 3. The monoisotopic (exact) mass is 395 g/mol. The Labute approximate surface area is 159 Å². The Balaban J connectivity index is 0.00000243. The summed E-state index contributed by atoms with van der Waals surface area (Å²) < 4.78 is 27.6. The van der Waals surface area contributed by atoms with Crippen molar-refractivity contribution in [3.05, 3.63) is 59.7 Å². The number of nitrogens with one attached hydrogen (secondary N) is 3. The van der Waals surface area contributed by atoms with Crippen LogP contribution >= 0.6 is 12.4 Å². The van der Waals surface area contributed by atoms with Crippen LogP contribution in [0.2, 0.25) is 0 Å². The predicted molar refractivity (Wildman–Crippen MR) is 104 cm³/mol. The Kier molecular flexibility index (Phi) is 6.63. The van der Waals surface area contributed by atoms with Gasteiger partial charge in [-0.25, -0.2) is 8.42 Å². The number of hydrogen-bond acceptors (Lipinski definition) is 4. The smallest absolute Gasteiger partial charge is 0.261 e. The molecule has 8 heteroatoms. The van der Waals surface area contributed by atoms with E-state index in [1.165, 1.54) is 12.1 Å². The molecular weight excluding hydrogens is 374 g/mol. The maximum atomic E-state index is 12.5. The summed E-state index contributed by atoms with van der Waals surface area (Å²) in [5.41, 5.74) is 1.86. The topological polar surface area (TPSA) is 87.3 Å². The third-order valence-electron chi connectivity index (χ3n) is 4.13. The molecule has 1 aliphatic rings. The summed E-state index contributed by atoms with van der Waals surface area (Å²) in [6.07, 6.45) is 0. The highest BCUT2D eigenvalue weighted by molar-refractivity contribution is 7.92. The van der Waals surface area contributed by atoms with E-state index in [0.29, 0.717) is 23.7 Å². The van der Waals surface area contributed by atoms with Crippen molar-refractivity contribution in [1.29, 1.82) is 0 Å². The van der Waals surface area contributed by atoms with Gasteiger partial charge in [0, 0.05) is 36.8 Å². The molecule has 26 heavy (non-hydrogen) atoms. The highest BCUT2D eigenvalue weighted by atomic mass is 35.5. The average Bonchev–Trinajstić information content (AvgIpc) is 2.55. The van der Waals surface area contributed by atoms with E-state index in [0.717, 1.165) is 18.7 Å². The molecule has 3 rings (SSSR count). The van der Waals surface area contributed by atoms with Gasteiger partial charge >= 0.3 is 0 Å². The number of amides is 1. The highest BCUT2D eigenvalue weighted by Gasteiger charge is 2.19. The maximum Gasteiger partial charge on any atom is 0.261 e. The SMILES string of the molecule is Cc1ccc(NS(=O)(=O)c2cccc(C(=O)NCC3CNC3)c2)cc1.Cl. The van der Waals surface area contributed by atoms with Crippen molar-refractivity contribution < 1.29 is 13.2 Å². The van der Waals surface area contributed by atoms with E-state index in [-0.39, 0.29) is 23.2 Å². The van der Waals surface area contributed by atoms with Crippen molar-refractivity contribution in [3.63, 3.8) is 0 Å². The second kappa shape index (κ2) is 8.53. The second-order valence-corrected chi connectivity index (χ2v) is 7.92. The predicted octanol–water partition coefficient (Wildman–Crippen LogP) is 2.17. The van der Waals surface area contributed by atoms with Crippen LogP contribution in [0.1, 0.15) is 15.9 Å². The van der Waals surface area contributed by atoms with Gasteiger partial charge in [0.1, 0.15) is 0 Å². The first-order valence-electron chi connectivity index (χ1n) is 8.12. The highest BCUT2D eigenvalue weighted by Crippen LogP contribution is 2.18. The normalized spacial score (nSPS) is 14.0. The Hall–Kier alpha value is -2.09. The van der Waals surface area contributed by atoms with Crippen LogP contribution in [0.5, 0.6) is 0 Å². The van der Waals surface area contributed by atoms with Crippen molar-refractivity contribution in [2.45, 2.75) is 11.8 Å². The summed E-state index contributed by atoms with van der Waals surface area (Å²) in [4.78, 5) is 12.3. The van der Waals surface area contributed by atoms with Gasteiger partial charge in [-0.05, 0) is 37.3 Å². The molecule has 3 N–H and O–H groups in total. The van der Waals surface area contributed by atoms with Gasteiger partial charge in [0.05, 0.1) is 4.90 Å². The van der Waals surface area contributed by atoms with Gasteiger partial charge in [0.25, 0.3) is 15.9 Å². The van der Waals surface area contributed by atoms with Gasteiger partial charge in [-0.3, -0.25) is 9.52 Å². The lowest BCUT2D eigenvalue weighted by Gasteiger charge is -2.27. The van der Waals surface area contributed by atoms with Crippen molar-refractivity contribution in [2.24, 2.45) is 5.92 Å². The van der Waals surface area contributed by atoms with E-state index >= 15 is 0 Å². The van der Waals surface area contributed by atoms with Gasteiger partial charge in [0.15, 0.2) is 0 Å². The minimum atomic E-state index is -3.75. The van der Waals surface area contributed by atoms with E-state index in [9.17, 15) is 13.2 Å². The molecule has 140 valence electrons. The molecule has 1 fully saturated rings. The Morgan fingerprint density at radius 1 is 1.15 bits per heavy atom. The van der Waals surface area contributed by atoms with Crippen LogP contribution in [0.25, 0.3) is 0 Å². The molecule has 2 aromatic rings. The third kappa shape index (κ3) is 4.97. The lowest BCUT2D eigenvalue weighted by atomic mass is 10.0. The standard InChI is InChI=1S/C18H21N3O3S.ClH/c1-13-5-7-16(8-6-13)21-25(23,24)17-4-2-3-15(9-17)18(22)20-12-14-10-19-11-14;/h2-9,14,19,21H,10-12H2,1H3,(H,20,22);1H. The minimum absolute atomic E-state index is 0. The zero-order chi connectivity index (χ0) is 17.9. The van der Waals surface area contributed by atoms with Crippen molar-refractivity contribution in [1.82, 2.24) is 10.6 Å². The average molecular weight is 396 g/mol. The number of sulfonamides is 1. The number of benzene rings is 2. The van der Waals surface area contributed by atoms with E-state index in [4.69, 9.17) is 0 Å². The Bertz CT molecular complexity index is 866. The summed E-state index contributed by atoms with van der Waals surface area (Å²) in [5, 5.41) is 5.98. The zero-order valence-electron chi connectivity index (χ0n) is 14.4. The number of carbonyl (C=O) groups is 1. The lowest BCUT2D eigenvalue weighted by molar-refractivity contribution is 0.0942. The molecule has 1 aliphatic heterocycles. The number of aryl methyl sites for hydroxylation is 1. The summed E-state index contributed by atoms with van der Waals surface area (Å²) >= 11 is 0. The van der Waals surface area contributed by atoms with Crippen molar-refractivity contribution in [3.8, 4) is 0 Å². The molecule has 0 spiro atoms. The van der Waals surface area contributed by atoms with Crippen LogP contribution in [-0.4, -0.2) is 34.0 Å². The zero-order valence-corrected chi connectivity index (χ0v) is 16.0. The molecule has 1 heterocycles. The molecular formula is C18H22ClN3O3S. The minimum Gasteiger partial charge on any atom is -0.352 e. The van der Waals surface area contributed by atoms with Crippen LogP contribution in [0.4, 0.5) is 5.69 Å². The molecule has 6 nitrogen and oxygen atoms in total. The fraction of sp³-hybridized carbons (Fsp3) is 0.278. The Morgan fingerprint density at radius 3 is 2.46 bits per heavy atom. The number of anilines is 1. The molecule has 0 aromatic heterocycles. The molecule has 0 saturated carbocycles. The van der Waals surface area contributed by atoms with Gasteiger partial charge in [0.2, 0.25) is 0 Å². The van der Waals surface area contributed by atoms with Gasteiger partial charge in [-0.2, -0.15) is 0 Å². The second-order valence-electron chi connectivity index (χ2n) is 6.23. The number of rotatable bonds is 6. The quantitative estimate of drug-likeness (QED) is 0.699. The van der Waals surface area contributed by atoms with E-state index in [1.807, 2.05) is 19.1 Å². The summed E-state index contributed by atoms with van der Waals surface area (Å²) in [7, 11) is -3.75. The molecule has 1 amide bonds. The van der Waals surface area contributed by atoms with Gasteiger partial charge in [-0.1, -0.05) is 23.8 Å². The fourth-order valence-electron chi connectivity index (χ4n) is 2.47. The van der Waals surface area contributed by atoms with E-state index < -0.39 is 10.0 Å². The molecule has 0 bridgehead atoms. The van der Waals surface area contributed by atoms with E-state index in [2.05, 4.69) is 15.4 Å². The molecule has 0 radical (unpaired) electrons. The first kappa shape index (κ1) is 20.2. The Morgan fingerprint density at radius 2 is 1.85 bits per heavy atom. The third-order valence-corrected chi connectivity index (χ3v) is 5.51. The van der Waals surface area contributed by atoms with E-state index in [1.54, 1.807) is 24.3 Å². The van der Waals surface area contributed by atoms with Crippen molar-refractivity contribution in [2.75, 3.05) is 24.4 Å².